The van der Waals surface area contributed by atoms with Crippen LogP contribution in [0.5, 0.6) is 0 Å². The number of rotatable bonds is 7. The van der Waals surface area contributed by atoms with Crippen LogP contribution in [-0.4, -0.2) is 27.5 Å². The molecule has 1 unspecified atom stereocenters. The Morgan fingerprint density at radius 1 is 1.68 bits per heavy atom. The molecule has 1 atom stereocenters. The highest BCUT2D eigenvalue weighted by atomic mass is 79.9. The van der Waals surface area contributed by atoms with E-state index in [-0.39, 0.29) is 23.8 Å². The third-order valence-electron chi connectivity index (χ3n) is 2.63. The number of nitrogens with zero attached hydrogens (tertiary/aromatic N) is 2. The number of carboxylic acid groups (broad SMARTS) is 1. The molecule has 0 aliphatic carbocycles. The van der Waals surface area contributed by atoms with Crippen molar-refractivity contribution in [3.63, 3.8) is 0 Å². The number of halogens is 1. The summed E-state index contributed by atoms with van der Waals surface area (Å²) in [5.41, 5.74) is -0.139. The number of hydrogen-bond acceptors (Lipinski definition) is 5. The summed E-state index contributed by atoms with van der Waals surface area (Å²) in [7, 11) is 0. The van der Waals surface area contributed by atoms with E-state index in [1.54, 1.807) is 0 Å². The number of hydrogen-bond donors (Lipinski definition) is 2. The average molecular weight is 332 g/mol. The van der Waals surface area contributed by atoms with Gasteiger partial charge in [-0.3, -0.25) is 14.9 Å². The van der Waals surface area contributed by atoms with E-state index < -0.39 is 10.9 Å². The van der Waals surface area contributed by atoms with E-state index in [4.69, 9.17) is 5.11 Å². The van der Waals surface area contributed by atoms with Gasteiger partial charge in [0.05, 0.1) is 4.92 Å². The summed E-state index contributed by atoms with van der Waals surface area (Å²) in [6.45, 7) is 2.21. The van der Waals surface area contributed by atoms with Gasteiger partial charge in [0.2, 0.25) is 5.82 Å². The molecular formula is C11H14BrN3O4. The highest BCUT2D eigenvalue weighted by molar-refractivity contribution is 9.10. The first-order valence-corrected chi connectivity index (χ1v) is 6.49. The maximum Gasteiger partial charge on any atom is 0.312 e. The van der Waals surface area contributed by atoms with Gasteiger partial charge in [0.25, 0.3) is 0 Å². The predicted molar refractivity (Wildman–Crippen MR) is 73.1 cm³/mol. The maximum atomic E-state index is 10.9. The SMILES string of the molecule is CCC(CNc1ncc(Br)cc1[N+](=O)[O-])CC(=O)O. The zero-order valence-corrected chi connectivity index (χ0v) is 11.9. The number of nitrogens with one attached hydrogen (secondary N) is 1. The van der Waals surface area contributed by atoms with Gasteiger partial charge in [-0.25, -0.2) is 4.98 Å². The Morgan fingerprint density at radius 2 is 2.37 bits per heavy atom. The van der Waals surface area contributed by atoms with Crippen molar-refractivity contribution >= 4 is 33.4 Å². The van der Waals surface area contributed by atoms with Crippen LogP contribution in [0, 0.1) is 16.0 Å². The number of pyridine rings is 1. The first kappa shape index (κ1) is 15.4. The lowest BCUT2D eigenvalue weighted by atomic mass is 10.0. The Balaban J connectivity index is 2.76. The standard InChI is InChI=1S/C11H14BrN3O4/c1-2-7(3-10(16)17)5-13-11-9(15(18)19)4-8(12)6-14-11/h4,6-7H,2-3,5H2,1H3,(H,13,14)(H,16,17). The van der Waals surface area contributed by atoms with Gasteiger partial charge in [-0.05, 0) is 21.8 Å². The van der Waals surface area contributed by atoms with Crippen molar-refractivity contribution in [2.45, 2.75) is 19.8 Å². The van der Waals surface area contributed by atoms with Crippen molar-refractivity contribution in [2.75, 3.05) is 11.9 Å². The third-order valence-corrected chi connectivity index (χ3v) is 3.06. The van der Waals surface area contributed by atoms with Crippen molar-refractivity contribution in [1.82, 2.24) is 4.98 Å². The zero-order chi connectivity index (χ0) is 14.4. The van der Waals surface area contributed by atoms with Gasteiger partial charge in [-0.2, -0.15) is 0 Å². The van der Waals surface area contributed by atoms with Gasteiger partial charge < -0.3 is 10.4 Å². The van der Waals surface area contributed by atoms with E-state index in [2.05, 4.69) is 26.2 Å². The van der Waals surface area contributed by atoms with Crippen LogP contribution in [0.4, 0.5) is 11.5 Å². The smallest absolute Gasteiger partial charge is 0.312 e. The van der Waals surface area contributed by atoms with E-state index in [0.29, 0.717) is 17.4 Å². The molecule has 0 aromatic carbocycles. The molecule has 0 spiro atoms. The minimum absolute atomic E-state index is 0.0217. The molecule has 8 heteroatoms. The molecule has 1 heterocycles. The molecule has 1 aromatic heterocycles. The van der Waals surface area contributed by atoms with Crippen molar-refractivity contribution in [3.8, 4) is 0 Å². The molecule has 0 aliphatic heterocycles. The molecule has 1 aromatic rings. The predicted octanol–water partition coefficient (Wildman–Crippen LogP) is 2.67. The fraction of sp³-hybridized carbons (Fsp3) is 0.455. The third kappa shape index (κ3) is 4.82. The largest absolute Gasteiger partial charge is 0.481 e. The second-order valence-electron chi connectivity index (χ2n) is 4.03. The summed E-state index contributed by atoms with van der Waals surface area (Å²) in [5, 5.41) is 22.5. The fourth-order valence-corrected chi connectivity index (χ4v) is 1.87. The lowest BCUT2D eigenvalue weighted by Crippen LogP contribution is -2.18. The maximum absolute atomic E-state index is 10.9. The number of carbonyl (C=O) groups is 1. The van der Waals surface area contributed by atoms with Crippen molar-refractivity contribution < 1.29 is 14.8 Å². The van der Waals surface area contributed by atoms with Crippen LogP contribution in [0.3, 0.4) is 0 Å². The Morgan fingerprint density at radius 3 is 2.89 bits per heavy atom. The van der Waals surface area contributed by atoms with Gasteiger partial charge in [0, 0.05) is 29.7 Å². The van der Waals surface area contributed by atoms with Crippen LogP contribution < -0.4 is 5.32 Å². The Kier molecular flexibility index (Phi) is 5.68. The first-order chi connectivity index (χ1) is 8.93. The van der Waals surface area contributed by atoms with Gasteiger partial charge in [-0.15, -0.1) is 0 Å². The molecule has 1 rings (SSSR count). The topological polar surface area (TPSA) is 105 Å². The van der Waals surface area contributed by atoms with Crippen LogP contribution in [0.2, 0.25) is 0 Å². The van der Waals surface area contributed by atoms with E-state index in [1.807, 2.05) is 6.92 Å². The molecule has 0 saturated carbocycles. The Labute approximate surface area is 118 Å². The highest BCUT2D eigenvalue weighted by Gasteiger charge is 2.18. The first-order valence-electron chi connectivity index (χ1n) is 5.69. The molecule has 7 nitrogen and oxygen atoms in total. The minimum atomic E-state index is -0.882. The van der Waals surface area contributed by atoms with Crippen molar-refractivity contribution in [1.29, 1.82) is 0 Å². The summed E-state index contributed by atoms with van der Waals surface area (Å²) >= 11 is 3.12. The summed E-state index contributed by atoms with van der Waals surface area (Å²) < 4.78 is 0.516. The van der Waals surface area contributed by atoms with Gasteiger partial charge >= 0.3 is 11.7 Å². The van der Waals surface area contributed by atoms with E-state index >= 15 is 0 Å². The molecule has 0 radical (unpaired) electrons. The summed E-state index contributed by atoms with van der Waals surface area (Å²) in [6, 6.07) is 1.35. The summed E-state index contributed by atoms with van der Waals surface area (Å²) in [5.74, 6) is -0.827. The fourth-order valence-electron chi connectivity index (χ4n) is 1.55. The molecule has 0 aliphatic rings. The zero-order valence-electron chi connectivity index (χ0n) is 10.3. The van der Waals surface area contributed by atoms with E-state index in [0.717, 1.165) is 0 Å². The van der Waals surface area contributed by atoms with E-state index in [9.17, 15) is 14.9 Å². The Bertz CT molecular complexity index is 481. The van der Waals surface area contributed by atoms with Crippen LogP contribution in [0.15, 0.2) is 16.7 Å². The second kappa shape index (κ2) is 7.03. The quantitative estimate of drug-likeness (QED) is 0.587. The molecule has 19 heavy (non-hydrogen) atoms. The molecule has 0 bridgehead atoms. The number of nitro groups is 1. The molecule has 2 N–H and O–H groups in total. The number of anilines is 1. The monoisotopic (exact) mass is 331 g/mol. The van der Waals surface area contributed by atoms with Crippen molar-refractivity contribution in [2.24, 2.45) is 5.92 Å². The minimum Gasteiger partial charge on any atom is -0.481 e. The van der Waals surface area contributed by atoms with E-state index in [1.165, 1.54) is 12.3 Å². The lowest BCUT2D eigenvalue weighted by Gasteiger charge is -2.13. The van der Waals surface area contributed by atoms with Gasteiger partial charge in [0.1, 0.15) is 0 Å². The molecule has 0 saturated heterocycles. The highest BCUT2D eigenvalue weighted by Crippen LogP contribution is 2.25. The lowest BCUT2D eigenvalue weighted by molar-refractivity contribution is -0.384. The number of aromatic nitrogens is 1. The van der Waals surface area contributed by atoms with Crippen LogP contribution in [-0.2, 0) is 4.79 Å². The van der Waals surface area contributed by atoms with Gasteiger partial charge in [-0.1, -0.05) is 13.3 Å². The van der Waals surface area contributed by atoms with Crippen LogP contribution in [0.1, 0.15) is 19.8 Å². The molecule has 0 fully saturated rings. The second-order valence-corrected chi connectivity index (χ2v) is 4.95. The summed E-state index contributed by atoms with van der Waals surface area (Å²) in [4.78, 5) is 24.9. The van der Waals surface area contributed by atoms with Crippen LogP contribution >= 0.6 is 15.9 Å². The molecule has 0 amide bonds. The average Bonchev–Trinajstić information content (AvgIpc) is 2.34. The van der Waals surface area contributed by atoms with Crippen molar-refractivity contribution in [3.05, 3.63) is 26.9 Å². The Hall–Kier alpha value is -1.70. The van der Waals surface area contributed by atoms with Gasteiger partial charge in [0.15, 0.2) is 0 Å². The van der Waals surface area contributed by atoms with Crippen LogP contribution in [0.25, 0.3) is 0 Å². The normalized spacial score (nSPS) is 11.9. The molecular weight excluding hydrogens is 318 g/mol. The number of carboxylic acids is 1. The molecule has 104 valence electrons. The number of aliphatic carboxylic acids is 1. The summed E-state index contributed by atoms with van der Waals surface area (Å²) in [6.07, 6.45) is 2.14.